The molecule has 0 aliphatic carbocycles. The molecule has 2 fully saturated rings. The molecule has 2 aliphatic heterocycles. The zero-order valence-electron chi connectivity index (χ0n) is 15.5. The van der Waals surface area contributed by atoms with Gasteiger partial charge in [-0.25, -0.2) is 0 Å². The van der Waals surface area contributed by atoms with Crippen LogP contribution in [0, 0.1) is 11.8 Å². The molecule has 1 aromatic rings. The minimum absolute atomic E-state index is 0.0504. The molecule has 0 bridgehead atoms. The molecule has 2 aliphatic rings. The van der Waals surface area contributed by atoms with Gasteiger partial charge in [-0.2, -0.15) is 8.78 Å². The summed E-state index contributed by atoms with van der Waals surface area (Å²) in [5, 5.41) is 0. The minimum Gasteiger partial charge on any atom is -0.351 e. The second kappa shape index (κ2) is 10.1. The van der Waals surface area contributed by atoms with Gasteiger partial charge in [0.1, 0.15) is 0 Å². The van der Waals surface area contributed by atoms with Crippen LogP contribution in [0.2, 0.25) is 0 Å². The van der Waals surface area contributed by atoms with Crippen LogP contribution in [0.5, 0.6) is 0 Å². The SMILES string of the molecule is C/C=C/C1COC(C2COC(c3ccc(CCC=C(F)F)cc3)OC2)OC1. The molecular formula is C21H26F2O4. The lowest BCUT2D eigenvalue weighted by Crippen LogP contribution is -2.42. The van der Waals surface area contributed by atoms with Gasteiger partial charge < -0.3 is 18.9 Å². The van der Waals surface area contributed by atoms with Gasteiger partial charge in [0.2, 0.25) is 0 Å². The van der Waals surface area contributed by atoms with Gasteiger partial charge in [0.25, 0.3) is 6.08 Å². The van der Waals surface area contributed by atoms with E-state index in [9.17, 15) is 8.78 Å². The lowest BCUT2D eigenvalue weighted by molar-refractivity contribution is -0.280. The fourth-order valence-corrected chi connectivity index (χ4v) is 3.25. The molecule has 0 amide bonds. The van der Waals surface area contributed by atoms with E-state index in [1.54, 1.807) is 0 Å². The van der Waals surface area contributed by atoms with Crippen molar-refractivity contribution >= 4 is 0 Å². The van der Waals surface area contributed by atoms with E-state index in [2.05, 4.69) is 6.08 Å². The molecule has 0 radical (unpaired) electrons. The van der Waals surface area contributed by atoms with Crippen LogP contribution in [0.4, 0.5) is 8.78 Å². The number of hydrogen-bond donors (Lipinski definition) is 0. The van der Waals surface area contributed by atoms with E-state index >= 15 is 0 Å². The number of allylic oxidation sites excluding steroid dienone is 2. The predicted molar refractivity (Wildman–Crippen MR) is 97.2 cm³/mol. The third-order valence-corrected chi connectivity index (χ3v) is 4.71. The van der Waals surface area contributed by atoms with Crippen molar-refractivity contribution in [3.05, 3.63) is 59.7 Å². The summed E-state index contributed by atoms with van der Waals surface area (Å²) in [7, 11) is 0. The molecule has 4 nitrogen and oxygen atoms in total. The van der Waals surface area contributed by atoms with Crippen molar-refractivity contribution in [2.75, 3.05) is 26.4 Å². The Labute approximate surface area is 158 Å². The molecule has 0 unspecified atom stereocenters. The van der Waals surface area contributed by atoms with Crippen molar-refractivity contribution < 1.29 is 27.7 Å². The van der Waals surface area contributed by atoms with Crippen LogP contribution in [0.15, 0.2) is 48.6 Å². The van der Waals surface area contributed by atoms with E-state index in [1.165, 1.54) is 0 Å². The van der Waals surface area contributed by atoms with Crippen LogP contribution in [-0.4, -0.2) is 32.7 Å². The number of halogens is 2. The maximum Gasteiger partial charge on any atom is 0.266 e. The van der Waals surface area contributed by atoms with Crippen molar-refractivity contribution in [3.8, 4) is 0 Å². The molecule has 3 rings (SSSR count). The van der Waals surface area contributed by atoms with E-state index in [1.807, 2.05) is 37.3 Å². The molecule has 0 spiro atoms. The lowest BCUT2D eigenvalue weighted by atomic mass is 10.1. The minimum atomic E-state index is -1.63. The third-order valence-electron chi connectivity index (χ3n) is 4.71. The first-order chi connectivity index (χ1) is 13.2. The monoisotopic (exact) mass is 380 g/mol. The molecule has 27 heavy (non-hydrogen) atoms. The van der Waals surface area contributed by atoms with Gasteiger partial charge in [-0.1, -0.05) is 36.4 Å². The van der Waals surface area contributed by atoms with Crippen molar-refractivity contribution in [2.45, 2.75) is 32.3 Å². The first-order valence-electron chi connectivity index (χ1n) is 9.35. The van der Waals surface area contributed by atoms with E-state index in [4.69, 9.17) is 18.9 Å². The molecular weight excluding hydrogens is 354 g/mol. The van der Waals surface area contributed by atoms with Gasteiger partial charge >= 0.3 is 0 Å². The average Bonchev–Trinajstić information content (AvgIpc) is 2.69. The van der Waals surface area contributed by atoms with Gasteiger partial charge in [-0.3, -0.25) is 0 Å². The molecule has 148 valence electrons. The van der Waals surface area contributed by atoms with Crippen molar-refractivity contribution in [1.29, 1.82) is 0 Å². The average molecular weight is 380 g/mol. The predicted octanol–water partition coefficient (Wildman–Crippen LogP) is 4.63. The highest BCUT2D eigenvalue weighted by molar-refractivity contribution is 5.24. The highest BCUT2D eigenvalue weighted by Crippen LogP contribution is 2.29. The van der Waals surface area contributed by atoms with E-state index in [0.29, 0.717) is 45.2 Å². The Kier molecular flexibility index (Phi) is 7.52. The Morgan fingerprint density at radius 1 is 1.00 bits per heavy atom. The second-order valence-electron chi connectivity index (χ2n) is 6.85. The number of aryl methyl sites for hydroxylation is 1. The van der Waals surface area contributed by atoms with Crippen LogP contribution in [0.1, 0.15) is 30.8 Å². The van der Waals surface area contributed by atoms with E-state index in [0.717, 1.165) is 17.2 Å². The summed E-state index contributed by atoms with van der Waals surface area (Å²) in [5.74, 6) is 0.356. The van der Waals surface area contributed by atoms with Crippen molar-refractivity contribution in [1.82, 2.24) is 0 Å². The Hall–Kier alpha value is -1.60. The highest BCUT2D eigenvalue weighted by atomic mass is 19.3. The van der Waals surface area contributed by atoms with E-state index < -0.39 is 12.4 Å². The zero-order chi connectivity index (χ0) is 19.1. The molecule has 2 saturated heterocycles. The Morgan fingerprint density at radius 3 is 2.26 bits per heavy atom. The largest absolute Gasteiger partial charge is 0.351 e. The summed E-state index contributed by atoms with van der Waals surface area (Å²) in [6.07, 6.45) is 3.61. The maximum absolute atomic E-state index is 12.1. The Bertz CT molecular complexity index is 624. The smallest absolute Gasteiger partial charge is 0.266 e. The third kappa shape index (κ3) is 5.94. The molecule has 0 N–H and O–H groups in total. The van der Waals surface area contributed by atoms with Crippen molar-refractivity contribution in [2.24, 2.45) is 11.8 Å². The maximum atomic E-state index is 12.1. The van der Waals surface area contributed by atoms with Gasteiger partial charge in [-0.05, 0) is 31.4 Å². The first kappa shape index (κ1) is 20.1. The lowest BCUT2D eigenvalue weighted by Gasteiger charge is -2.37. The van der Waals surface area contributed by atoms with Crippen LogP contribution >= 0.6 is 0 Å². The number of rotatable bonds is 6. The van der Waals surface area contributed by atoms with Gasteiger partial charge in [-0.15, -0.1) is 0 Å². The molecule has 0 atom stereocenters. The van der Waals surface area contributed by atoms with Crippen LogP contribution in [0.25, 0.3) is 0 Å². The Morgan fingerprint density at radius 2 is 1.67 bits per heavy atom. The topological polar surface area (TPSA) is 36.9 Å². The van der Waals surface area contributed by atoms with Crippen LogP contribution < -0.4 is 0 Å². The second-order valence-corrected chi connectivity index (χ2v) is 6.85. The van der Waals surface area contributed by atoms with Gasteiger partial charge in [0, 0.05) is 11.5 Å². The fraction of sp³-hybridized carbons (Fsp3) is 0.524. The van der Waals surface area contributed by atoms with Crippen LogP contribution in [-0.2, 0) is 25.4 Å². The summed E-state index contributed by atoms with van der Waals surface area (Å²) in [6, 6.07) is 7.69. The summed E-state index contributed by atoms with van der Waals surface area (Å²) in [6.45, 7) is 4.30. The fourth-order valence-electron chi connectivity index (χ4n) is 3.25. The number of benzene rings is 1. The first-order valence-corrected chi connectivity index (χ1v) is 9.35. The quantitative estimate of drug-likeness (QED) is 0.675. The summed E-state index contributed by atoms with van der Waals surface area (Å²) < 4.78 is 47.5. The molecule has 0 aromatic heterocycles. The summed E-state index contributed by atoms with van der Waals surface area (Å²) in [5.41, 5.74) is 1.92. The highest BCUT2D eigenvalue weighted by Gasteiger charge is 2.33. The number of ether oxygens (including phenoxy) is 4. The molecule has 1 aromatic carbocycles. The van der Waals surface area contributed by atoms with Crippen LogP contribution in [0.3, 0.4) is 0 Å². The number of hydrogen-bond acceptors (Lipinski definition) is 4. The molecule has 6 heteroatoms. The molecule has 0 saturated carbocycles. The van der Waals surface area contributed by atoms with Gasteiger partial charge in [0.15, 0.2) is 12.6 Å². The summed E-state index contributed by atoms with van der Waals surface area (Å²) >= 11 is 0. The Balaban J connectivity index is 1.44. The molecule has 2 heterocycles. The zero-order valence-corrected chi connectivity index (χ0v) is 15.5. The standard InChI is InChI=1S/C21H26F2O4/c1-2-4-16-11-24-21(25-12-16)18-13-26-20(27-14-18)17-9-7-15(8-10-17)5-3-6-19(22)23/h2,4,6-10,16,18,20-21H,3,5,11-14H2,1H3/b4-2+. The summed E-state index contributed by atoms with van der Waals surface area (Å²) in [4.78, 5) is 0. The van der Waals surface area contributed by atoms with Gasteiger partial charge in [0.05, 0.1) is 32.3 Å². The normalized spacial score (nSPS) is 29.0. The van der Waals surface area contributed by atoms with Crippen molar-refractivity contribution in [3.63, 3.8) is 0 Å². The van der Waals surface area contributed by atoms with E-state index in [-0.39, 0.29) is 12.2 Å².